The van der Waals surface area contributed by atoms with Crippen molar-refractivity contribution in [1.29, 1.82) is 0 Å². The van der Waals surface area contributed by atoms with E-state index in [-0.39, 0.29) is 6.61 Å². The van der Waals surface area contributed by atoms with Crippen LogP contribution >= 0.6 is 11.3 Å². The molecule has 0 atom stereocenters. The van der Waals surface area contributed by atoms with Crippen LogP contribution in [0.1, 0.15) is 11.1 Å². The van der Waals surface area contributed by atoms with Gasteiger partial charge < -0.3 is 10.8 Å². The van der Waals surface area contributed by atoms with Gasteiger partial charge in [0.15, 0.2) is 0 Å². The number of benzene rings is 1. The Labute approximate surface area is 130 Å². The summed E-state index contributed by atoms with van der Waals surface area (Å²) in [5.74, 6) is -0.498. The normalized spacial score (nSPS) is 11.3. The van der Waals surface area contributed by atoms with Gasteiger partial charge in [-0.2, -0.15) is 0 Å². The lowest BCUT2D eigenvalue weighted by molar-refractivity contribution is -0.113. The number of rotatable bonds is 4. The first-order valence-corrected chi connectivity index (χ1v) is 7.40. The van der Waals surface area contributed by atoms with Crippen LogP contribution in [0.15, 0.2) is 42.7 Å². The van der Waals surface area contributed by atoms with Crippen molar-refractivity contribution in [1.82, 2.24) is 9.97 Å². The molecule has 2 heterocycles. The lowest BCUT2D eigenvalue weighted by Gasteiger charge is -1.97. The second kappa shape index (κ2) is 6.05. The molecule has 1 aromatic carbocycles. The van der Waals surface area contributed by atoms with Gasteiger partial charge in [0.1, 0.15) is 5.01 Å². The highest BCUT2D eigenvalue weighted by Gasteiger charge is 2.07. The summed E-state index contributed by atoms with van der Waals surface area (Å²) in [7, 11) is 0. The molecule has 1 amide bonds. The Kier molecular flexibility index (Phi) is 3.95. The van der Waals surface area contributed by atoms with Crippen LogP contribution in [0.2, 0.25) is 0 Å². The third-order valence-corrected chi connectivity index (χ3v) is 4.17. The Balaban J connectivity index is 2.00. The molecule has 110 valence electrons. The van der Waals surface area contributed by atoms with Gasteiger partial charge in [0.05, 0.1) is 16.8 Å². The van der Waals surface area contributed by atoms with E-state index in [1.54, 1.807) is 29.8 Å². The summed E-state index contributed by atoms with van der Waals surface area (Å²) in [6, 6.07) is 7.61. The lowest BCUT2D eigenvalue weighted by Crippen LogP contribution is -2.05. The summed E-state index contributed by atoms with van der Waals surface area (Å²) < 4.78 is 1.05. The molecule has 0 aliphatic carbocycles. The molecule has 0 bridgehead atoms. The summed E-state index contributed by atoms with van der Waals surface area (Å²) in [5, 5.41) is 10.0. The highest BCUT2D eigenvalue weighted by Crippen LogP contribution is 2.30. The zero-order valence-electron chi connectivity index (χ0n) is 11.6. The van der Waals surface area contributed by atoms with Crippen molar-refractivity contribution in [3.63, 3.8) is 0 Å². The van der Waals surface area contributed by atoms with Crippen LogP contribution in [0.25, 0.3) is 26.9 Å². The van der Waals surface area contributed by atoms with Crippen molar-refractivity contribution >= 4 is 33.5 Å². The van der Waals surface area contributed by atoms with Crippen molar-refractivity contribution in [3.05, 3.63) is 53.9 Å². The van der Waals surface area contributed by atoms with Crippen LogP contribution in [0.4, 0.5) is 0 Å². The van der Waals surface area contributed by atoms with E-state index in [9.17, 15) is 9.90 Å². The van der Waals surface area contributed by atoms with E-state index in [0.717, 1.165) is 31.9 Å². The van der Waals surface area contributed by atoms with Gasteiger partial charge >= 0.3 is 0 Å². The van der Waals surface area contributed by atoms with Gasteiger partial charge in [-0.15, -0.1) is 11.3 Å². The number of aliphatic hydroxyl groups is 1. The van der Waals surface area contributed by atoms with Crippen LogP contribution in [-0.4, -0.2) is 21.0 Å². The van der Waals surface area contributed by atoms with Gasteiger partial charge in [-0.05, 0) is 35.4 Å². The average Bonchev–Trinajstić information content (AvgIpc) is 2.96. The number of nitrogens with two attached hydrogens (primary N) is 1. The van der Waals surface area contributed by atoms with Crippen molar-refractivity contribution in [3.8, 4) is 10.6 Å². The molecule has 22 heavy (non-hydrogen) atoms. The molecular formula is C16H13N3O2S. The first-order chi connectivity index (χ1) is 10.7. The molecule has 0 radical (unpaired) electrons. The third kappa shape index (κ3) is 3.03. The minimum Gasteiger partial charge on any atom is -0.392 e. The number of carbonyl (C=O) groups is 1. The van der Waals surface area contributed by atoms with E-state index in [1.807, 2.05) is 24.3 Å². The predicted molar refractivity (Wildman–Crippen MR) is 87.0 cm³/mol. The zero-order chi connectivity index (χ0) is 15.5. The number of pyridine rings is 1. The largest absolute Gasteiger partial charge is 0.392 e. The summed E-state index contributed by atoms with van der Waals surface area (Å²) in [5.41, 5.74) is 8.43. The minimum absolute atomic E-state index is 0.00223. The Morgan fingerprint density at radius 3 is 2.95 bits per heavy atom. The van der Waals surface area contributed by atoms with E-state index in [1.165, 1.54) is 6.08 Å². The highest BCUT2D eigenvalue weighted by molar-refractivity contribution is 7.21. The quantitative estimate of drug-likeness (QED) is 0.724. The van der Waals surface area contributed by atoms with Crippen LogP contribution < -0.4 is 5.73 Å². The van der Waals surface area contributed by atoms with Gasteiger partial charge in [0.25, 0.3) is 0 Å². The number of primary amides is 1. The van der Waals surface area contributed by atoms with Gasteiger partial charge in [-0.3, -0.25) is 9.78 Å². The molecule has 3 aromatic rings. The highest BCUT2D eigenvalue weighted by atomic mass is 32.1. The summed E-state index contributed by atoms with van der Waals surface area (Å²) in [6.45, 7) is -0.00223. The van der Waals surface area contributed by atoms with E-state index in [2.05, 4.69) is 9.97 Å². The fourth-order valence-electron chi connectivity index (χ4n) is 2.04. The number of aromatic nitrogens is 2. The number of thiazole rings is 1. The molecule has 3 rings (SSSR count). The number of carbonyl (C=O) groups excluding carboxylic acids is 1. The molecular weight excluding hydrogens is 298 g/mol. The Morgan fingerprint density at radius 1 is 1.32 bits per heavy atom. The van der Waals surface area contributed by atoms with Gasteiger partial charge in [0, 0.05) is 24.0 Å². The van der Waals surface area contributed by atoms with Crippen molar-refractivity contribution < 1.29 is 9.90 Å². The molecule has 5 nitrogen and oxygen atoms in total. The molecule has 0 fully saturated rings. The van der Waals surface area contributed by atoms with Crippen molar-refractivity contribution in [2.75, 3.05) is 0 Å². The molecule has 0 spiro atoms. The van der Waals surface area contributed by atoms with E-state index < -0.39 is 5.91 Å². The smallest absolute Gasteiger partial charge is 0.241 e. The maximum Gasteiger partial charge on any atom is 0.241 e. The standard InChI is InChI=1S/C16H13N3O2S/c17-15(21)4-2-10-5-12(8-18-7-10)16-19-13-6-11(9-20)1-3-14(13)22-16/h1-8,20H,9H2,(H2,17,21)/b4-2+. The van der Waals surface area contributed by atoms with Gasteiger partial charge in [0.2, 0.25) is 5.91 Å². The van der Waals surface area contributed by atoms with E-state index in [4.69, 9.17) is 5.73 Å². The van der Waals surface area contributed by atoms with E-state index in [0.29, 0.717) is 0 Å². The molecule has 0 aliphatic rings. The van der Waals surface area contributed by atoms with Crippen molar-refractivity contribution in [2.24, 2.45) is 5.73 Å². The van der Waals surface area contributed by atoms with Crippen LogP contribution in [0.3, 0.4) is 0 Å². The fraction of sp³-hybridized carbons (Fsp3) is 0.0625. The number of fused-ring (bicyclic) bond motifs is 1. The molecule has 2 aromatic heterocycles. The first kappa shape index (κ1) is 14.4. The second-order valence-corrected chi connectivity index (χ2v) is 5.75. The topological polar surface area (TPSA) is 89.1 Å². The molecule has 0 saturated heterocycles. The number of nitrogens with zero attached hydrogens (tertiary/aromatic N) is 2. The molecule has 0 aliphatic heterocycles. The predicted octanol–water partition coefficient (Wildman–Crippen LogP) is 2.35. The molecule has 3 N–H and O–H groups in total. The monoisotopic (exact) mass is 311 g/mol. The zero-order valence-corrected chi connectivity index (χ0v) is 12.4. The second-order valence-electron chi connectivity index (χ2n) is 4.72. The summed E-state index contributed by atoms with van der Waals surface area (Å²) in [4.78, 5) is 19.5. The SMILES string of the molecule is NC(=O)/C=C/c1cncc(-c2nc3cc(CO)ccc3s2)c1. The van der Waals surface area contributed by atoms with Crippen LogP contribution in [0, 0.1) is 0 Å². The average molecular weight is 311 g/mol. The van der Waals surface area contributed by atoms with Crippen molar-refractivity contribution in [2.45, 2.75) is 6.61 Å². The summed E-state index contributed by atoms with van der Waals surface area (Å²) >= 11 is 1.55. The maximum atomic E-state index is 10.8. The number of hydrogen-bond donors (Lipinski definition) is 2. The van der Waals surface area contributed by atoms with Crippen LogP contribution in [0.5, 0.6) is 0 Å². The lowest BCUT2D eigenvalue weighted by atomic mass is 10.2. The van der Waals surface area contributed by atoms with Gasteiger partial charge in [-0.25, -0.2) is 4.98 Å². The molecule has 6 heteroatoms. The summed E-state index contributed by atoms with van der Waals surface area (Å²) in [6.07, 6.45) is 6.30. The minimum atomic E-state index is -0.498. The Morgan fingerprint density at radius 2 is 2.18 bits per heavy atom. The number of amides is 1. The number of hydrogen-bond acceptors (Lipinski definition) is 5. The maximum absolute atomic E-state index is 10.8. The molecule has 0 saturated carbocycles. The first-order valence-electron chi connectivity index (χ1n) is 6.59. The Bertz CT molecular complexity index is 871. The van der Waals surface area contributed by atoms with E-state index >= 15 is 0 Å². The van der Waals surface area contributed by atoms with Crippen LogP contribution in [-0.2, 0) is 11.4 Å². The number of aliphatic hydroxyl groups excluding tert-OH is 1. The third-order valence-electron chi connectivity index (χ3n) is 3.08. The Hall–Kier alpha value is -2.57. The van der Waals surface area contributed by atoms with Gasteiger partial charge in [-0.1, -0.05) is 6.07 Å². The molecule has 0 unspecified atom stereocenters. The fourth-order valence-corrected chi connectivity index (χ4v) is 2.97.